The van der Waals surface area contributed by atoms with Crippen molar-refractivity contribution in [3.05, 3.63) is 54.0 Å². The SMILES string of the molecule is Nc1cc(C(=O)NC2CCCN(Cc3ccccn3)C2)ccn1. The summed E-state index contributed by atoms with van der Waals surface area (Å²) in [5.74, 6) is 0.266. The van der Waals surface area contributed by atoms with Crippen LogP contribution in [0.2, 0.25) is 0 Å². The Morgan fingerprint density at radius 2 is 2.22 bits per heavy atom. The predicted octanol–water partition coefficient (Wildman–Crippen LogP) is 1.45. The molecule has 6 nitrogen and oxygen atoms in total. The molecule has 0 aromatic carbocycles. The molecule has 120 valence electrons. The molecule has 1 amide bonds. The van der Waals surface area contributed by atoms with Gasteiger partial charge in [0.15, 0.2) is 0 Å². The third-order valence-electron chi connectivity index (χ3n) is 4.00. The van der Waals surface area contributed by atoms with Gasteiger partial charge in [-0.15, -0.1) is 0 Å². The highest BCUT2D eigenvalue weighted by atomic mass is 16.1. The van der Waals surface area contributed by atoms with Crippen molar-refractivity contribution < 1.29 is 4.79 Å². The molecule has 0 aliphatic carbocycles. The number of pyridine rings is 2. The minimum atomic E-state index is -0.0937. The fourth-order valence-electron chi connectivity index (χ4n) is 2.90. The summed E-state index contributed by atoms with van der Waals surface area (Å²) >= 11 is 0. The number of rotatable bonds is 4. The minimum Gasteiger partial charge on any atom is -0.384 e. The Labute approximate surface area is 135 Å². The number of hydrogen-bond donors (Lipinski definition) is 2. The largest absolute Gasteiger partial charge is 0.384 e. The molecule has 0 radical (unpaired) electrons. The van der Waals surface area contributed by atoms with Crippen molar-refractivity contribution >= 4 is 11.7 Å². The first kappa shape index (κ1) is 15.4. The first-order valence-corrected chi connectivity index (χ1v) is 7.85. The number of nitrogens with one attached hydrogen (secondary N) is 1. The van der Waals surface area contributed by atoms with Crippen LogP contribution in [0.4, 0.5) is 5.82 Å². The molecular weight excluding hydrogens is 290 g/mol. The van der Waals surface area contributed by atoms with E-state index in [9.17, 15) is 4.79 Å². The molecule has 1 aliphatic heterocycles. The van der Waals surface area contributed by atoms with Gasteiger partial charge in [0.2, 0.25) is 0 Å². The van der Waals surface area contributed by atoms with Crippen molar-refractivity contribution in [3.63, 3.8) is 0 Å². The van der Waals surface area contributed by atoms with Gasteiger partial charge in [-0.2, -0.15) is 0 Å². The van der Waals surface area contributed by atoms with Crippen molar-refractivity contribution in [2.45, 2.75) is 25.4 Å². The zero-order chi connectivity index (χ0) is 16.1. The fraction of sp³-hybridized carbons (Fsp3) is 0.353. The van der Waals surface area contributed by atoms with Gasteiger partial charge in [-0.3, -0.25) is 14.7 Å². The number of likely N-dealkylation sites (tertiary alicyclic amines) is 1. The standard InChI is InChI=1S/C17H21N5O/c18-16-10-13(6-8-20-16)17(23)21-15-5-3-9-22(12-15)11-14-4-1-2-7-19-14/h1-2,4,6-8,10,15H,3,5,9,11-12H2,(H2,18,20)(H,21,23). The molecule has 23 heavy (non-hydrogen) atoms. The van der Waals surface area contributed by atoms with E-state index in [1.54, 1.807) is 18.3 Å². The van der Waals surface area contributed by atoms with Gasteiger partial charge in [-0.05, 0) is 43.7 Å². The summed E-state index contributed by atoms with van der Waals surface area (Å²) in [5, 5.41) is 3.09. The van der Waals surface area contributed by atoms with E-state index in [4.69, 9.17) is 5.73 Å². The van der Waals surface area contributed by atoms with E-state index in [0.29, 0.717) is 11.4 Å². The summed E-state index contributed by atoms with van der Waals surface area (Å²) in [6.07, 6.45) is 5.42. The van der Waals surface area contributed by atoms with Crippen LogP contribution in [0, 0.1) is 0 Å². The molecular formula is C17H21N5O. The van der Waals surface area contributed by atoms with Crippen molar-refractivity contribution in [1.82, 2.24) is 20.2 Å². The first-order chi connectivity index (χ1) is 11.2. The van der Waals surface area contributed by atoms with Crippen molar-refractivity contribution in [2.75, 3.05) is 18.8 Å². The third-order valence-corrected chi connectivity index (χ3v) is 4.00. The molecule has 1 unspecified atom stereocenters. The number of hydrogen-bond acceptors (Lipinski definition) is 5. The minimum absolute atomic E-state index is 0.0937. The van der Waals surface area contributed by atoms with E-state index in [2.05, 4.69) is 20.2 Å². The lowest BCUT2D eigenvalue weighted by molar-refractivity contribution is 0.0900. The van der Waals surface area contributed by atoms with E-state index in [1.165, 1.54) is 0 Å². The van der Waals surface area contributed by atoms with Crippen LogP contribution in [0.15, 0.2) is 42.7 Å². The number of aromatic nitrogens is 2. The van der Waals surface area contributed by atoms with Crippen LogP contribution in [0.25, 0.3) is 0 Å². The quantitative estimate of drug-likeness (QED) is 0.893. The molecule has 2 aromatic rings. The monoisotopic (exact) mass is 311 g/mol. The lowest BCUT2D eigenvalue weighted by Gasteiger charge is -2.32. The fourth-order valence-corrected chi connectivity index (χ4v) is 2.90. The molecule has 0 bridgehead atoms. The van der Waals surface area contributed by atoms with Crippen LogP contribution in [0.1, 0.15) is 28.9 Å². The van der Waals surface area contributed by atoms with E-state index in [0.717, 1.165) is 38.2 Å². The van der Waals surface area contributed by atoms with Gasteiger partial charge < -0.3 is 11.1 Å². The number of piperidine rings is 1. The number of nitrogens with two attached hydrogens (primary N) is 1. The van der Waals surface area contributed by atoms with Crippen LogP contribution in [0.3, 0.4) is 0 Å². The number of carbonyl (C=O) groups is 1. The maximum absolute atomic E-state index is 12.3. The number of anilines is 1. The Hall–Kier alpha value is -2.47. The maximum Gasteiger partial charge on any atom is 0.251 e. The van der Waals surface area contributed by atoms with Crippen LogP contribution in [-0.2, 0) is 6.54 Å². The Balaban J connectivity index is 1.57. The molecule has 0 saturated carbocycles. The van der Waals surface area contributed by atoms with Crippen molar-refractivity contribution in [3.8, 4) is 0 Å². The number of carbonyl (C=O) groups excluding carboxylic acids is 1. The maximum atomic E-state index is 12.3. The van der Waals surface area contributed by atoms with Gasteiger partial charge in [-0.1, -0.05) is 6.07 Å². The summed E-state index contributed by atoms with van der Waals surface area (Å²) in [4.78, 5) is 22.9. The second-order valence-electron chi connectivity index (χ2n) is 5.84. The molecule has 2 aromatic heterocycles. The smallest absolute Gasteiger partial charge is 0.251 e. The zero-order valence-electron chi connectivity index (χ0n) is 13.0. The average Bonchev–Trinajstić information content (AvgIpc) is 2.56. The van der Waals surface area contributed by atoms with E-state index in [-0.39, 0.29) is 11.9 Å². The Morgan fingerprint density at radius 1 is 1.30 bits per heavy atom. The highest BCUT2D eigenvalue weighted by Crippen LogP contribution is 2.13. The van der Waals surface area contributed by atoms with Crippen LogP contribution >= 0.6 is 0 Å². The molecule has 0 spiro atoms. The summed E-state index contributed by atoms with van der Waals surface area (Å²) in [5.41, 5.74) is 7.24. The van der Waals surface area contributed by atoms with E-state index >= 15 is 0 Å². The second-order valence-corrected chi connectivity index (χ2v) is 5.84. The summed E-state index contributed by atoms with van der Waals surface area (Å²) in [6.45, 7) is 2.68. The van der Waals surface area contributed by atoms with Gasteiger partial charge >= 0.3 is 0 Å². The molecule has 1 atom stereocenters. The Kier molecular flexibility index (Phi) is 4.83. The van der Waals surface area contributed by atoms with Crippen LogP contribution < -0.4 is 11.1 Å². The average molecular weight is 311 g/mol. The molecule has 1 fully saturated rings. The summed E-state index contributed by atoms with van der Waals surface area (Å²) in [6, 6.07) is 9.38. The topological polar surface area (TPSA) is 84.1 Å². The van der Waals surface area contributed by atoms with Gasteiger partial charge in [0, 0.05) is 37.1 Å². The summed E-state index contributed by atoms with van der Waals surface area (Å²) in [7, 11) is 0. The van der Waals surface area contributed by atoms with Gasteiger partial charge in [0.25, 0.3) is 5.91 Å². The molecule has 3 rings (SSSR count). The second kappa shape index (κ2) is 7.19. The molecule has 6 heteroatoms. The van der Waals surface area contributed by atoms with E-state index < -0.39 is 0 Å². The molecule has 3 N–H and O–H groups in total. The van der Waals surface area contributed by atoms with Crippen LogP contribution in [-0.4, -0.2) is 39.9 Å². The van der Waals surface area contributed by atoms with Gasteiger partial charge in [0.1, 0.15) is 5.82 Å². The van der Waals surface area contributed by atoms with Crippen LogP contribution in [0.5, 0.6) is 0 Å². The lowest BCUT2D eigenvalue weighted by atomic mass is 10.0. The van der Waals surface area contributed by atoms with Crippen molar-refractivity contribution in [1.29, 1.82) is 0 Å². The zero-order valence-corrected chi connectivity index (χ0v) is 13.0. The number of amides is 1. The van der Waals surface area contributed by atoms with Crippen molar-refractivity contribution in [2.24, 2.45) is 0 Å². The third kappa shape index (κ3) is 4.26. The Morgan fingerprint density at radius 3 is 3.00 bits per heavy atom. The lowest BCUT2D eigenvalue weighted by Crippen LogP contribution is -2.47. The number of nitrogens with zero attached hydrogens (tertiary/aromatic N) is 3. The normalized spacial score (nSPS) is 18.5. The summed E-state index contributed by atoms with van der Waals surface area (Å²) < 4.78 is 0. The first-order valence-electron chi connectivity index (χ1n) is 7.85. The molecule has 3 heterocycles. The predicted molar refractivity (Wildman–Crippen MR) is 88.7 cm³/mol. The molecule has 1 saturated heterocycles. The van der Waals surface area contributed by atoms with E-state index in [1.807, 2.05) is 24.4 Å². The molecule has 1 aliphatic rings. The highest BCUT2D eigenvalue weighted by Gasteiger charge is 2.22. The van der Waals surface area contributed by atoms with Gasteiger partial charge in [0.05, 0.1) is 5.69 Å². The number of nitrogen functional groups attached to an aromatic ring is 1. The van der Waals surface area contributed by atoms with Gasteiger partial charge in [-0.25, -0.2) is 4.98 Å². The highest BCUT2D eigenvalue weighted by molar-refractivity contribution is 5.94. The Bertz CT molecular complexity index is 661.